The van der Waals surface area contributed by atoms with Crippen LogP contribution >= 0.6 is 0 Å². The predicted octanol–water partition coefficient (Wildman–Crippen LogP) is 5.52. The van der Waals surface area contributed by atoms with Gasteiger partial charge >= 0.3 is 12.2 Å². The highest BCUT2D eigenvalue weighted by Crippen LogP contribution is 2.34. The fourth-order valence-electron chi connectivity index (χ4n) is 4.53. The lowest BCUT2D eigenvalue weighted by Gasteiger charge is -2.25. The third-order valence-electron chi connectivity index (χ3n) is 6.61. The zero-order valence-corrected chi connectivity index (χ0v) is 24.1. The summed E-state index contributed by atoms with van der Waals surface area (Å²) in [6.07, 6.45) is 0.379. The Kier molecular flexibility index (Phi) is 9.52. The molecule has 1 aromatic carbocycles. The molecule has 10 nitrogen and oxygen atoms in total. The Balaban J connectivity index is 1.53. The number of halogens is 3. The smallest absolute Gasteiger partial charge is 0.416 e. The van der Waals surface area contributed by atoms with Crippen LogP contribution in [0, 0.1) is 0 Å². The molecule has 0 radical (unpaired) electrons. The lowest BCUT2D eigenvalue weighted by atomic mass is 10.1. The zero-order chi connectivity index (χ0) is 30.5. The van der Waals surface area contributed by atoms with E-state index in [1.807, 2.05) is 25.7 Å². The monoisotopic (exact) mass is 588 g/mol. The molecular weight excluding hydrogens is 553 g/mol. The summed E-state index contributed by atoms with van der Waals surface area (Å²) in [5, 5.41) is 2.76. The van der Waals surface area contributed by atoms with Crippen molar-refractivity contribution in [3.8, 4) is 11.4 Å². The normalized spacial score (nSPS) is 19.3. The first-order valence-electron chi connectivity index (χ1n) is 13.6. The fourth-order valence-corrected chi connectivity index (χ4v) is 4.53. The van der Waals surface area contributed by atoms with E-state index < -0.39 is 23.6 Å². The number of fused-ring (bicyclic) bond motifs is 1. The summed E-state index contributed by atoms with van der Waals surface area (Å²) in [6.45, 7) is 13.3. The van der Waals surface area contributed by atoms with Gasteiger partial charge in [0, 0.05) is 25.2 Å². The summed E-state index contributed by atoms with van der Waals surface area (Å²) in [4.78, 5) is 30.1. The molecule has 2 aromatic rings. The molecule has 1 fully saturated rings. The van der Waals surface area contributed by atoms with Crippen molar-refractivity contribution in [1.29, 1.82) is 0 Å². The molecule has 0 bridgehead atoms. The molecule has 2 aliphatic rings. The minimum Gasteiger partial charge on any atom is -0.489 e. The number of rotatable bonds is 7. The molecule has 42 heavy (non-hydrogen) atoms. The third kappa shape index (κ3) is 7.65. The van der Waals surface area contributed by atoms with Crippen molar-refractivity contribution in [2.45, 2.75) is 52.2 Å². The van der Waals surface area contributed by atoms with Crippen LogP contribution in [0.5, 0.6) is 0 Å². The highest BCUT2D eigenvalue weighted by atomic mass is 19.4. The number of anilines is 2. The number of hydrogen-bond donors (Lipinski definition) is 1. The number of amides is 2. The van der Waals surface area contributed by atoms with Gasteiger partial charge in [-0.25, -0.2) is 19.8 Å². The van der Waals surface area contributed by atoms with E-state index in [0.717, 1.165) is 12.1 Å². The molecule has 1 aromatic heterocycles. The average Bonchev–Trinajstić information content (AvgIpc) is 3.19. The van der Waals surface area contributed by atoms with E-state index in [2.05, 4.69) is 26.9 Å². The first-order chi connectivity index (χ1) is 19.9. The largest absolute Gasteiger partial charge is 0.489 e. The summed E-state index contributed by atoms with van der Waals surface area (Å²) < 4.78 is 57.0. The number of allylic oxidation sites excluding steroid dienone is 1. The molecule has 2 aliphatic heterocycles. The number of aliphatic imine (C=N–C) groups is 1. The number of ether oxygens (including phenoxy) is 3. The molecule has 1 N–H and O–H groups in total. The van der Waals surface area contributed by atoms with Gasteiger partial charge in [0.05, 0.1) is 30.3 Å². The van der Waals surface area contributed by atoms with Crippen LogP contribution in [0.25, 0.3) is 11.4 Å². The topological polar surface area (TPSA) is 101 Å². The van der Waals surface area contributed by atoms with E-state index in [-0.39, 0.29) is 29.9 Å². The van der Waals surface area contributed by atoms with Gasteiger partial charge in [-0.1, -0.05) is 18.7 Å². The number of carbonyl (C=O) groups is 1. The Morgan fingerprint density at radius 1 is 1.33 bits per heavy atom. The van der Waals surface area contributed by atoms with Crippen LogP contribution < -0.4 is 15.1 Å². The summed E-state index contributed by atoms with van der Waals surface area (Å²) in [5.41, 5.74) is -0.00345. The first-order valence-corrected chi connectivity index (χ1v) is 13.6. The molecule has 13 heteroatoms. The Labute approximate surface area is 242 Å². The van der Waals surface area contributed by atoms with E-state index in [4.69, 9.17) is 14.2 Å². The Morgan fingerprint density at radius 3 is 2.79 bits per heavy atom. The van der Waals surface area contributed by atoms with Gasteiger partial charge < -0.3 is 19.1 Å². The van der Waals surface area contributed by atoms with Gasteiger partial charge in [0.15, 0.2) is 17.4 Å². The van der Waals surface area contributed by atoms with Gasteiger partial charge in [-0.2, -0.15) is 13.2 Å². The van der Waals surface area contributed by atoms with Crippen molar-refractivity contribution in [3.63, 3.8) is 0 Å². The van der Waals surface area contributed by atoms with E-state index >= 15 is 0 Å². The number of benzene rings is 1. The standard InChI is InChI=1S/C29H35F3N6O4/c1-6-22(40-17-23-18-41-28(4,5)42-23)15-33-19(3)35-27(39)38-13-9-12-37(7-2)24-16-34-25(36-26(24)38)20-10-8-11-21(14-20)29(30,31)32/h6,8,10-11,14-16,23H,1,7,9,12-13,17-18H2,2-5H3,(H,33,35,39)/b22-15+. The first kappa shape index (κ1) is 31.0. The zero-order valence-electron chi connectivity index (χ0n) is 24.1. The van der Waals surface area contributed by atoms with Gasteiger partial charge in [-0.15, -0.1) is 0 Å². The number of nitrogens with one attached hydrogen (secondary N) is 1. The highest BCUT2D eigenvalue weighted by molar-refractivity contribution is 6.05. The molecule has 2 amide bonds. The van der Waals surface area contributed by atoms with Crippen molar-refractivity contribution < 1.29 is 32.2 Å². The maximum atomic E-state index is 13.4. The summed E-state index contributed by atoms with van der Waals surface area (Å²) in [6, 6.07) is 4.31. The molecule has 0 spiro atoms. The molecule has 1 saturated heterocycles. The molecule has 4 rings (SSSR count). The van der Waals surface area contributed by atoms with Gasteiger partial charge in [0.2, 0.25) is 0 Å². The SMILES string of the molecule is C=C/C(=C\N=C(C)NC(=O)N1CCCN(CC)c2cnc(-c3cccc(C(F)(F)F)c3)nc21)OCC1COC(C)(C)O1. The van der Waals surface area contributed by atoms with Crippen molar-refractivity contribution in [2.24, 2.45) is 4.99 Å². The second-order valence-electron chi connectivity index (χ2n) is 10.2. The molecular formula is C29H35F3N6O4. The van der Waals surface area contributed by atoms with Crippen molar-refractivity contribution >= 4 is 23.4 Å². The second kappa shape index (κ2) is 12.9. The van der Waals surface area contributed by atoms with E-state index in [1.165, 1.54) is 29.3 Å². The van der Waals surface area contributed by atoms with Crippen molar-refractivity contribution in [1.82, 2.24) is 15.3 Å². The van der Waals surface area contributed by atoms with E-state index in [1.54, 1.807) is 13.1 Å². The van der Waals surface area contributed by atoms with Crippen LogP contribution in [0.3, 0.4) is 0 Å². The molecule has 0 aliphatic carbocycles. The van der Waals surface area contributed by atoms with Crippen LogP contribution in [0.1, 0.15) is 39.7 Å². The van der Waals surface area contributed by atoms with Crippen LogP contribution in [-0.2, 0) is 20.4 Å². The third-order valence-corrected chi connectivity index (χ3v) is 6.61. The number of amidine groups is 1. The molecule has 226 valence electrons. The maximum absolute atomic E-state index is 13.4. The molecule has 1 atom stereocenters. The summed E-state index contributed by atoms with van der Waals surface area (Å²) >= 11 is 0. The summed E-state index contributed by atoms with van der Waals surface area (Å²) in [7, 11) is 0. The Bertz CT molecular complexity index is 1360. The number of urea groups is 1. The lowest BCUT2D eigenvalue weighted by molar-refractivity contribution is -0.143. The van der Waals surface area contributed by atoms with Crippen LogP contribution in [0.4, 0.5) is 29.5 Å². The second-order valence-corrected chi connectivity index (χ2v) is 10.2. The van der Waals surface area contributed by atoms with Crippen LogP contribution in [0.15, 0.2) is 60.1 Å². The van der Waals surface area contributed by atoms with Crippen LogP contribution in [-0.4, -0.2) is 66.6 Å². The molecule has 3 heterocycles. The molecule has 0 saturated carbocycles. The Hall–Kier alpha value is -3.97. The van der Waals surface area contributed by atoms with Crippen molar-refractivity contribution in [2.75, 3.05) is 42.6 Å². The van der Waals surface area contributed by atoms with Crippen molar-refractivity contribution in [3.05, 3.63) is 60.6 Å². The van der Waals surface area contributed by atoms with Gasteiger partial charge in [-0.05, 0) is 52.3 Å². The highest BCUT2D eigenvalue weighted by Gasteiger charge is 2.33. The number of alkyl halides is 3. The quantitative estimate of drug-likeness (QED) is 0.197. The van der Waals surface area contributed by atoms with Gasteiger partial charge in [-0.3, -0.25) is 10.2 Å². The minimum absolute atomic E-state index is 0.0803. The lowest BCUT2D eigenvalue weighted by Crippen LogP contribution is -2.43. The molecule has 1 unspecified atom stereocenters. The Morgan fingerprint density at radius 2 is 2.12 bits per heavy atom. The minimum atomic E-state index is -4.51. The van der Waals surface area contributed by atoms with Gasteiger partial charge in [0.25, 0.3) is 0 Å². The average molecular weight is 589 g/mol. The fraction of sp³-hybridized carbons (Fsp3) is 0.448. The van der Waals surface area contributed by atoms with E-state index in [0.29, 0.717) is 49.9 Å². The number of aromatic nitrogens is 2. The van der Waals surface area contributed by atoms with Crippen LogP contribution in [0.2, 0.25) is 0 Å². The predicted molar refractivity (Wildman–Crippen MR) is 153 cm³/mol. The van der Waals surface area contributed by atoms with E-state index in [9.17, 15) is 18.0 Å². The number of hydrogen-bond acceptors (Lipinski definition) is 8. The number of nitrogens with zero attached hydrogens (tertiary/aromatic N) is 5. The summed E-state index contributed by atoms with van der Waals surface area (Å²) in [5.74, 6) is 0.388. The maximum Gasteiger partial charge on any atom is 0.416 e. The number of carbonyl (C=O) groups excluding carboxylic acids is 1. The van der Waals surface area contributed by atoms with Gasteiger partial charge in [0.1, 0.15) is 24.3 Å².